The van der Waals surface area contributed by atoms with Gasteiger partial charge in [-0.25, -0.2) is 0 Å². The molecule has 2 aliphatic carbocycles. The number of fused-ring (bicyclic) bond motifs is 1. The second-order valence-corrected chi connectivity index (χ2v) is 10.5. The first-order valence-corrected chi connectivity index (χ1v) is 11.9. The molecule has 0 spiro atoms. The summed E-state index contributed by atoms with van der Waals surface area (Å²) in [6.45, 7) is 15.5. The summed E-state index contributed by atoms with van der Waals surface area (Å²) in [5, 5.41) is 29.4. The van der Waals surface area contributed by atoms with Gasteiger partial charge in [0, 0.05) is 0 Å². The van der Waals surface area contributed by atoms with E-state index in [1.165, 1.54) is 36.8 Å². The molecule has 31 heavy (non-hydrogen) atoms. The monoisotopic (exact) mass is 434 g/mol. The lowest BCUT2D eigenvalue weighted by Gasteiger charge is -2.59. The van der Waals surface area contributed by atoms with E-state index in [4.69, 9.17) is 9.47 Å². The van der Waals surface area contributed by atoms with Crippen molar-refractivity contribution >= 4 is 0 Å². The highest BCUT2D eigenvalue weighted by molar-refractivity contribution is 5.20. The lowest BCUT2D eigenvalue weighted by Crippen LogP contribution is -2.50. The molecule has 2 saturated carbocycles. The Morgan fingerprint density at radius 2 is 2.00 bits per heavy atom. The first kappa shape index (κ1) is 24.7. The topological polar surface area (TPSA) is 79.2 Å². The van der Waals surface area contributed by atoms with Crippen LogP contribution in [0.1, 0.15) is 65.7 Å². The maximum Gasteiger partial charge on any atom is 0.186 e. The average Bonchev–Trinajstić information content (AvgIpc) is 3.00. The van der Waals surface area contributed by atoms with Gasteiger partial charge < -0.3 is 24.8 Å². The SMILES string of the molecule is C=C/C(C)=C/C[C@@H]1C(=C)CC[C@@H]2[C@@](C)(CCO[C@@H]3O[C@@H](CO)[C@H](O)[C@H]3O)CCC[C@@]12C. The Hall–Kier alpha value is -0.980. The largest absolute Gasteiger partial charge is 0.394 e. The van der Waals surface area contributed by atoms with E-state index in [2.05, 4.69) is 40.0 Å². The molecule has 0 amide bonds. The molecule has 176 valence electrons. The Bertz CT molecular complexity index is 687. The second kappa shape index (κ2) is 9.88. The van der Waals surface area contributed by atoms with Crippen LogP contribution in [0.3, 0.4) is 0 Å². The highest BCUT2D eigenvalue weighted by Crippen LogP contribution is 2.62. The molecule has 1 saturated heterocycles. The Labute approximate surface area is 187 Å². The molecule has 0 unspecified atom stereocenters. The molecule has 0 bridgehead atoms. The van der Waals surface area contributed by atoms with E-state index in [0.29, 0.717) is 18.4 Å². The van der Waals surface area contributed by atoms with E-state index in [1.807, 2.05) is 6.08 Å². The molecule has 3 N–H and O–H groups in total. The molecule has 0 aromatic rings. The fourth-order valence-corrected chi connectivity index (χ4v) is 6.62. The molecule has 5 nitrogen and oxygen atoms in total. The zero-order chi connectivity index (χ0) is 22.8. The number of hydrogen-bond donors (Lipinski definition) is 3. The molecular weight excluding hydrogens is 392 g/mol. The molecule has 1 heterocycles. The molecule has 3 fully saturated rings. The maximum absolute atomic E-state index is 10.1. The van der Waals surface area contributed by atoms with Crippen LogP contribution in [-0.2, 0) is 9.47 Å². The lowest BCUT2D eigenvalue weighted by atomic mass is 9.46. The predicted molar refractivity (Wildman–Crippen MR) is 122 cm³/mol. The number of rotatable bonds is 8. The molecule has 5 heteroatoms. The number of aliphatic hydroxyl groups is 3. The van der Waals surface area contributed by atoms with Gasteiger partial charge in [0.25, 0.3) is 0 Å². The van der Waals surface area contributed by atoms with Crippen molar-refractivity contribution < 1.29 is 24.8 Å². The Balaban J connectivity index is 1.67. The summed E-state index contributed by atoms with van der Waals surface area (Å²) in [5.74, 6) is 1.08. The smallest absolute Gasteiger partial charge is 0.186 e. The fraction of sp³-hybridized carbons (Fsp3) is 0.769. The molecule has 0 radical (unpaired) electrons. The minimum atomic E-state index is -1.12. The van der Waals surface area contributed by atoms with Crippen molar-refractivity contribution in [3.05, 3.63) is 36.5 Å². The van der Waals surface area contributed by atoms with Crippen LogP contribution >= 0.6 is 0 Å². The molecule has 1 aliphatic heterocycles. The van der Waals surface area contributed by atoms with E-state index in [1.54, 1.807) is 0 Å². The van der Waals surface area contributed by atoms with Gasteiger partial charge in [0.05, 0.1) is 13.2 Å². The molecular formula is C26H42O5. The van der Waals surface area contributed by atoms with Gasteiger partial charge in [-0.05, 0) is 68.1 Å². The third kappa shape index (κ3) is 4.86. The minimum Gasteiger partial charge on any atom is -0.394 e. The van der Waals surface area contributed by atoms with Crippen molar-refractivity contribution in [3.63, 3.8) is 0 Å². The van der Waals surface area contributed by atoms with E-state index in [9.17, 15) is 15.3 Å². The average molecular weight is 435 g/mol. The van der Waals surface area contributed by atoms with E-state index >= 15 is 0 Å². The predicted octanol–water partition coefficient (Wildman–Crippen LogP) is 4.13. The first-order valence-electron chi connectivity index (χ1n) is 11.9. The summed E-state index contributed by atoms with van der Waals surface area (Å²) < 4.78 is 11.3. The summed E-state index contributed by atoms with van der Waals surface area (Å²) in [6, 6.07) is 0. The van der Waals surface area contributed by atoms with Crippen LogP contribution in [-0.4, -0.2) is 53.1 Å². The third-order valence-electron chi connectivity index (χ3n) is 8.59. The third-order valence-corrected chi connectivity index (χ3v) is 8.59. The zero-order valence-corrected chi connectivity index (χ0v) is 19.6. The summed E-state index contributed by atoms with van der Waals surface area (Å²) in [4.78, 5) is 0. The number of ether oxygens (including phenoxy) is 2. The van der Waals surface area contributed by atoms with Gasteiger partial charge in [-0.15, -0.1) is 0 Å². The molecule has 3 rings (SSSR count). The first-order chi connectivity index (χ1) is 14.7. The maximum atomic E-state index is 10.1. The van der Waals surface area contributed by atoms with Crippen LogP contribution in [0, 0.1) is 22.7 Å². The van der Waals surface area contributed by atoms with Crippen molar-refractivity contribution in [2.24, 2.45) is 22.7 Å². The summed E-state index contributed by atoms with van der Waals surface area (Å²) in [6.07, 6.45) is 8.11. The van der Waals surface area contributed by atoms with Crippen molar-refractivity contribution in [2.45, 2.75) is 90.3 Å². The summed E-state index contributed by atoms with van der Waals surface area (Å²) in [5.41, 5.74) is 2.99. The van der Waals surface area contributed by atoms with Gasteiger partial charge in [0.2, 0.25) is 0 Å². The summed E-state index contributed by atoms with van der Waals surface area (Å²) in [7, 11) is 0. The van der Waals surface area contributed by atoms with Crippen LogP contribution in [0.15, 0.2) is 36.5 Å². The molecule has 3 aliphatic rings. The quantitative estimate of drug-likeness (QED) is 0.395. The Morgan fingerprint density at radius 1 is 1.26 bits per heavy atom. The normalized spacial score (nSPS) is 43.7. The van der Waals surface area contributed by atoms with Crippen LogP contribution in [0.5, 0.6) is 0 Å². The Morgan fingerprint density at radius 3 is 2.65 bits per heavy atom. The standard InChI is InChI=1S/C26H42O5/c1-6-17(2)8-10-19-18(3)9-11-21-25(4,12-7-13-26(19,21)5)14-15-30-24-23(29)22(28)20(16-27)31-24/h6,8,19-24,27-29H,1,3,7,9-16H2,2,4-5H3/b17-8+/t19-,20+,21-,22+,23-,24-,25-,26+/m1/s1. The van der Waals surface area contributed by atoms with E-state index in [0.717, 1.165) is 19.3 Å². The highest BCUT2D eigenvalue weighted by Gasteiger charge is 2.54. The van der Waals surface area contributed by atoms with Crippen molar-refractivity contribution in [1.29, 1.82) is 0 Å². The van der Waals surface area contributed by atoms with Gasteiger partial charge in [-0.1, -0.05) is 56.7 Å². The van der Waals surface area contributed by atoms with E-state index in [-0.39, 0.29) is 17.4 Å². The molecule has 0 aromatic carbocycles. The zero-order valence-electron chi connectivity index (χ0n) is 19.6. The molecule has 8 atom stereocenters. The lowest BCUT2D eigenvalue weighted by molar-refractivity contribution is -0.177. The van der Waals surface area contributed by atoms with Crippen LogP contribution in [0.2, 0.25) is 0 Å². The van der Waals surface area contributed by atoms with Crippen molar-refractivity contribution in [2.75, 3.05) is 13.2 Å². The minimum absolute atomic E-state index is 0.154. The Kier molecular flexibility index (Phi) is 7.86. The van der Waals surface area contributed by atoms with Gasteiger partial charge >= 0.3 is 0 Å². The van der Waals surface area contributed by atoms with Crippen molar-refractivity contribution in [1.82, 2.24) is 0 Å². The van der Waals surface area contributed by atoms with Gasteiger partial charge in [0.1, 0.15) is 18.3 Å². The summed E-state index contributed by atoms with van der Waals surface area (Å²) >= 11 is 0. The van der Waals surface area contributed by atoms with Gasteiger partial charge in [-0.3, -0.25) is 0 Å². The molecule has 0 aromatic heterocycles. The fourth-order valence-electron chi connectivity index (χ4n) is 6.62. The van der Waals surface area contributed by atoms with E-state index < -0.39 is 24.6 Å². The number of hydrogen-bond acceptors (Lipinski definition) is 5. The highest BCUT2D eigenvalue weighted by atomic mass is 16.7. The number of aliphatic hydroxyl groups excluding tert-OH is 3. The van der Waals surface area contributed by atoms with Crippen LogP contribution in [0.25, 0.3) is 0 Å². The van der Waals surface area contributed by atoms with Crippen LogP contribution in [0.4, 0.5) is 0 Å². The van der Waals surface area contributed by atoms with Crippen molar-refractivity contribution in [3.8, 4) is 0 Å². The van der Waals surface area contributed by atoms with Gasteiger partial charge in [0.15, 0.2) is 6.29 Å². The van der Waals surface area contributed by atoms with Crippen LogP contribution < -0.4 is 0 Å². The second-order valence-electron chi connectivity index (χ2n) is 10.5. The van der Waals surface area contributed by atoms with Gasteiger partial charge in [-0.2, -0.15) is 0 Å². The number of allylic oxidation sites excluding steroid dienone is 4.